The van der Waals surface area contributed by atoms with Gasteiger partial charge in [0.25, 0.3) is 0 Å². The molecule has 19 heteroatoms. The molecule has 17 nitrogen and oxygen atoms in total. The zero-order valence-electron chi connectivity index (χ0n) is 74.5. The first kappa shape index (κ1) is 111. The minimum absolute atomic E-state index is 0.109. The fourth-order valence-electron chi connectivity index (χ4n) is 14.9. The Bertz CT molecular complexity index is 2140. The molecule has 0 aromatic heterocycles. The first-order valence-corrected chi connectivity index (χ1v) is 51.7. The third-order valence-electron chi connectivity index (χ3n) is 22.6. The van der Waals surface area contributed by atoms with Crippen molar-refractivity contribution in [1.82, 2.24) is 0 Å². The van der Waals surface area contributed by atoms with Gasteiger partial charge in [0.05, 0.1) is 26.4 Å². The van der Waals surface area contributed by atoms with E-state index in [9.17, 15) is 43.2 Å². The normalized spacial score (nSPS) is 13.9. The fourth-order valence-corrected chi connectivity index (χ4v) is 16.4. The van der Waals surface area contributed by atoms with E-state index < -0.39 is 97.5 Å². The minimum Gasteiger partial charge on any atom is -0.462 e. The highest BCUT2D eigenvalue weighted by Crippen LogP contribution is 2.45. The number of phosphoric acid groups is 2. The van der Waals surface area contributed by atoms with Crippen LogP contribution in [0.3, 0.4) is 0 Å². The molecule has 113 heavy (non-hydrogen) atoms. The Hall–Kier alpha value is -1.94. The van der Waals surface area contributed by atoms with E-state index in [-0.39, 0.29) is 25.7 Å². The summed E-state index contributed by atoms with van der Waals surface area (Å²) in [5.74, 6) is -1.31. The first-order valence-electron chi connectivity index (χ1n) is 48.7. The summed E-state index contributed by atoms with van der Waals surface area (Å²) in [6.07, 6.45) is 83.5. The topological polar surface area (TPSA) is 237 Å². The number of hydrogen-bond donors (Lipinski definition) is 3. The smallest absolute Gasteiger partial charge is 0.462 e. The summed E-state index contributed by atoms with van der Waals surface area (Å²) in [4.78, 5) is 73.5. The molecule has 0 saturated carbocycles. The number of unbranched alkanes of at least 4 members (excludes halogenated alkanes) is 65. The van der Waals surface area contributed by atoms with Gasteiger partial charge in [-0.15, -0.1) is 0 Å². The van der Waals surface area contributed by atoms with Crippen LogP contribution in [0.15, 0.2) is 0 Å². The van der Waals surface area contributed by atoms with Crippen LogP contribution in [0.5, 0.6) is 0 Å². The number of ether oxygens (including phenoxy) is 4. The van der Waals surface area contributed by atoms with Crippen molar-refractivity contribution < 1.29 is 80.2 Å². The highest BCUT2D eigenvalue weighted by molar-refractivity contribution is 7.47. The van der Waals surface area contributed by atoms with E-state index in [0.717, 1.165) is 95.8 Å². The van der Waals surface area contributed by atoms with Gasteiger partial charge in [0, 0.05) is 25.7 Å². The number of carbonyl (C=O) groups excluding carboxylic acids is 4. The van der Waals surface area contributed by atoms with Crippen molar-refractivity contribution in [3.63, 3.8) is 0 Å². The van der Waals surface area contributed by atoms with E-state index in [1.54, 1.807) is 0 Å². The molecular formula is C94H184O17P2. The Balaban J connectivity index is 5.24. The van der Waals surface area contributed by atoms with Gasteiger partial charge in [-0.3, -0.25) is 37.3 Å². The summed E-state index contributed by atoms with van der Waals surface area (Å²) < 4.78 is 69.2. The molecule has 0 spiro atoms. The van der Waals surface area contributed by atoms with E-state index in [1.807, 2.05) is 0 Å². The summed E-state index contributed by atoms with van der Waals surface area (Å²) in [6.45, 7) is 7.41. The van der Waals surface area contributed by atoms with E-state index in [1.165, 1.54) is 340 Å². The lowest BCUT2D eigenvalue weighted by molar-refractivity contribution is -0.161. The average Bonchev–Trinajstić information content (AvgIpc) is 0.897. The summed E-state index contributed by atoms with van der Waals surface area (Å²) in [7, 11) is -9.94. The molecule has 0 saturated heterocycles. The molecule has 0 aliphatic rings. The third kappa shape index (κ3) is 86.3. The molecule has 0 aromatic carbocycles. The standard InChI is InChI=1S/C94H184O17P2/c1-6-10-13-16-19-22-25-28-31-34-37-39-41-43-46-49-52-55-58-65-70-75-79-93(98)110-89(83-104-91(96)77-72-67-62-56-53-50-47-45-42-40-38-35-32-29-26-23-20-17-14-11-7-2)85-108-112(100,101)106-81-88(95)82-107-113(102,103)109-86-90(84-105-92(97)78-73-68-63-60-59-61-66-71-76-87(5)9-4)111-94(99)80-74-69-64-57-54-51-48-44-36-33-30-27-24-21-18-15-12-8-3/h87-90,95H,6-86H2,1-5H3,(H,100,101)(H,102,103)/t87?,88-,89-,90-/m1/s1. The average molecular weight is 1650 g/mol. The van der Waals surface area contributed by atoms with Gasteiger partial charge in [0.1, 0.15) is 19.3 Å². The van der Waals surface area contributed by atoms with Gasteiger partial charge in [0.15, 0.2) is 12.2 Å². The van der Waals surface area contributed by atoms with Crippen LogP contribution in [0.25, 0.3) is 0 Å². The third-order valence-corrected chi connectivity index (χ3v) is 24.5. The van der Waals surface area contributed by atoms with Gasteiger partial charge in [-0.05, 0) is 31.6 Å². The number of esters is 4. The van der Waals surface area contributed by atoms with E-state index in [4.69, 9.17) is 37.0 Å². The van der Waals surface area contributed by atoms with Crippen LogP contribution in [0, 0.1) is 5.92 Å². The van der Waals surface area contributed by atoms with Crippen LogP contribution in [0.2, 0.25) is 0 Å². The van der Waals surface area contributed by atoms with Gasteiger partial charge in [-0.25, -0.2) is 9.13 Å². The summed E-state index contributed by atoms with van der Waals surface area (Å²) in [5.41, 5.74) is 0. The SMILES string of the molecule is CCCCCCCCCCCCCCCCCCCCCCCCC(=O)O[C@H](COC(=O)CCCCCCCCCCCCCCCCCCCCCCC)COP(=O)(O)OC[C@@H](O)COP(=O)(O)OC[C@@H](COC(=O)CCCCCCCCCCC(C)CC)OC(=O)CCCCCCCCCCCCCCCCCCCC. The van der Waals surface area contributed by atoms with Crippen LogP contribution in [0.1, 0.15) is 516 Å². The highest BCUT2D eigenvalue weighted by atomic mass is 31.2. The van der Waals surface area contributed by atoms with Crippen molar-refractivity contribution in [2.45, 2.75) is 534 Å². The molecule has 0 fully saturated rings. The second kappa shape index (κ2) is 86.4. The quantitative estimate of drug-likeness (QED) is 0.0222. The number of phosphoric ester groups is 2. The zero-order valence-corrected chi connectivity index (χ0v) is 76.3. The number of aliphatic hydroxyl groups is 1. The van der Waals surface area contributed by atoms with Crippen molar-refractivity contribution in [3.8, 4) is 0 Å². The molecule has 0 aromatic rings. The second-order valence-corrected chi connectivity index (χ2v) is 36.9. The number of rotatable bonds is 94. The molecule has 3 N–H and O–H groups in total. The lowest BCUT2D eigenvalue weighted by Crippen LogP contribution is -2.30. The fraction of sp³-hybridized carbons (Fsp3) is 0.957. The van der Waals surface area contributed by atoms with E-state index in [0.29, 0.717) is 25.7 Å². The predicted octanol–water partition coefficient (Wildman–Crippen LogP) is 29.5. The van der Waals surface area contributed by atoms with E-state index >= 15 is 0 Å². The lowest BCUT2D eigenvalue weighted by Gasteiger charge is -2.21. The summed E-state index contributed by atoms with van der Waals surface area (Å²) >= 11 is 0. The van der Waals surface area contributed by atoms with Crippen LogP contribution < -0.4 is 0 Å². The predicted molar refractivity (Wildman–Crippen MR) is 469 cm³/mol. The molecule has 6 atom stereocenters. The van der Waals surface area contributed by atoms with Crippen LogP contribution in [0.4, 0.5) is 0 Å². The van der Waals surface area contributed by atoms with Gasteiger partial charge in [-0.1, -0.05) is 465 Å². The van der Waals surface area contributed by atoms with Gasteiger partial charge < -0.3 is 33.8 Å². The lowest BCUT2D eigenvalue weighted by atomic mass is 9.99. The molecule has 672 valence electrons. The molecule has 0 aliphatic carbocycles. The maximum atomic E-state index is 13.2. The molecule has 0 heterocycles. The van der Waals surface area contributed by atoms with Crippen molar-refractivity contribution in [3.05, 3.63) is 0 Å². The van der Waals surface area contributed by atoms with Gasteiger partial charge >= 0.3 is 39.5 Å². The largest absolute Gasteiger partial charge is 0.472 e. The second-order valence-electron chi connectivity index (χ2n) is 34.0. The van der Waals surface area contributed by atoms with Gasteiger partial charge in [0.2, 0.25) is 0 Å². The number of hydrogen-bond acceptors (Lipinski definition) is 15. The maximum Gasteiger partial charge on any atom is 0.472 e. The van der Waals surface area contributed by atoms with Crippen molar-refractivity contribution in [1.29, 1.82) is 0 Å². The van der Waals surface area contributed by atoms with Crippen molar-refractivity contribution >= 4 is 39.5 Å². The summed E-state index contributed by atoms with van der Waals surface area (Å²) in [6, 6.07) is 0. The van der Waals surface area contributed by atoms with Gasteiger partial charge in [-0.2, -0.15) is 0 Å². The maximum absolute atomic E-state index is 13.2. The zero-order chi connectivity index (χ0) is 82.6. The Kier molecular flexibility index (Phi) is 85.0. The monoisotopic (exact) mass is 1650 g/mol. The Morgan fingerprint density at radius 1 is 0.248 bits per heavy atom. The molecule has 0 amide bonds. The highest BCUT2D eigenvalue weighted by Gasteiger charge is 2.31. The Morgan fingerprint density at radius 2 is 0.425 bits per heavy atom. The number of aliphatic hydroxyl groups excluding tert-OH is 1. The molecule has 0 rings (SSSR count). The molecule has 0 bridgehead atoms. The van der Waals surface area contributed by atoms with E-state index in [2.05, 4.69) is 34.6 Å². The summed E-state index contributed by atoms with van der Waals surface area (Å²) in [5, 5.41) is 10.7. The van der Waals surface area contributed by atoms with Crippen LogP contribution in [-0.4, -0.2) is 96.7 Å². The Labute approximate surface area is 696 Å². The molecular weight excluding hydrogens is 1460 g/mol. The number of carbonyl (C=O) groups is 4. The van der Waals surface area contributed by atoms with Crippen molar-refractivity contribution in [2.24, 2.45) is 5.92 Å². The van der Waals surface area contributed by atoms with Crippen LogP contribution >= 0.6 is 15.6 Å². The molecule has 3 unspecified atom stereocenters. The molecule has 0 aliphatic heterocycles. The molecule has 0 radical (unpaired) electrons. The Morgan fingerprint density at radius 3 is 0.628 bits per heavy atom. The van der Waals surface area contributed by atoms with Crippen molar-refractivity contribution in [2.75, 3.05) is 39.6 Å². The minimum atomic E-state index is -4.97. The van der Waals surface area contributed by atoms with Crippen LogP contribution in [-0.2, 0) is 65.4 Å². The first-order chi connectivity index (χ1) is 55.1.